The minimum absolute atomic E-state index is 0.160. The molecule has 0 aromatic carbocycles. The van der Waals surface area contributed by atoms with Gasteiger partial charge in [-0.2, -0.15) is 0 Å². The van der Waals surface area contributed by atoms with E-state index in [4.69, 9.17) is 5.73 Å². The van der Waals surface area contributed by atoms with Crippen LogP contribution in [-0.2, 0) is 4.79 Å². The van der Waals surface area contributed by atoms with Gasteiger partial charge in [-0.1, -0.05) is 20.8 Å². The first-order valence-electron chi connectivity index (χ1n) is 6.12. The van der Waals surface area contributed by atoms with Crippen molar-refractivity contribution in [3.63, 3.8) is 0 Å². The SMILES string of the molecule is CCC1CCCN1C(=O)[C@H](N)CC(C)C. The average molecular weight is 212 g/mol. The van der Waals surface area contributed by atoms with E-state index in [1.807, 2.05) is 4.90 Å². The Kier molecular flexibility index (Phi) is 4.58. The molecular formula is C12H24N2O. The fourth-order valence-corrected chi connectivity index (χ4v) is 2.37. The summed E-state index contributed by atoms with van der Waals surface area (Å²) in [5.41, 5.74) is 5.92. The van der Waals surface area contributed by atoms with Crippen LogP contribution >= 0.6 is 0 Å². The van der Waals surface area contributed by atoms with Crippen molar-refractivity contribution in [3.8, 4) is 0 Å². The maximum Gasteiger partial charge on any atom is 0.239 e. The zero-order chi connectivity index (χ0) is 11.4. The van der Waals surface area contributed by atoms with Crippen LogP contribution in [0.4, 0.5) is 0 Å². The molecule has 0 spiro atoms. The number of nitrogens with two attached hydrogens (primary N) is 1. The van der Waals surface area contributed by atoms with Crippen molar-refractivity contribution in [2.24, 2.45) is 11.7 Å². The van der Waals surface area contributed by atoms with Gasteiger partial charge in [0.1, 0.15) is 0 Å². The van der Waals surface area contributed by atoms with Crippen LogP contribution in [0.2, 0.25) is 0 Å². The van der Waals surface area contributed by atoms with E-state index in [-0.39, 0.29) is 11.9 Å². The molecule has 1 amide bonds. The molecule has 0 radical (unpaired) electrons. The van der Waals surface area contributed by atoms with Gasteiger partial charge in [0.2, 0.25) is 5.91 Å². The fraction of sp³-hybridized carbons (Fsp3) is 0.917. The van der Waals surface area contributed by atoms with E-state index in [0.29, 0.717) is 12.0 Å². The Hall–Kier alpha value is -0.570. The first-order chi connectivity index (χ1) is 7.06. The molecule has 0 aromatic rings. The van der Waals surface area contributed by atoms with Crippen molar-refractivity contribution in [2.45, 2.75) is 58.5 Å². The highest BCUT2D eigenvalue weighted by molar-refractivity contribution is 5.82. The quantitative estimate of drug-likeness (QED) is 0.772. The molecule has 1 fully saturated rings. The summed E-state index contributed by atoms with van der Waals surface area (Å²) in [5, 5.41) is 0. The van der Waals surface area contributed by atoms with E-state index in [9.17, 15) is 4.79 Å². The molecule has 1 heterocycles. The predicted octanol–water partition coefficient (Wildman–Crippen LogP) is 1.76. The third-order valence-corrected chi connectivity index (χ3v) is 3.17. The molecule has 2 atom stereocenters. The van der Waals surface area contributed by atoms with E-state index >= 15 is 0 Å². The van der Waals surface area contributed by atoms with Crippen molar-refractivity contribution < 1.29 is 4.79 Å². The summed E-state index contributed by atoms with van der Waals surface area (Å²) >= 11 is 0. The van der Waals surface area contributed by atoms with Crippen LogP contribution in [-0.4, -0.2) is 29.4 Å². The molecule has 0 aliphatic carbocycles. The number of rotatable bonds is 4. The van der Waals surface area contributed by atoms with E-state index in [0.717, 1.165) is 32.2 Å². The lowest BCUT2D eigenvalue weighted by Gasteiger charge is -2.27. The molecule has 15 heavy (non-hydrogen) atoms. The number of hydrogen-bond acceptors (Lipinski definition) is 2. The van der Waals surface area contributed by atoms with Gasteiger partial charge in [-0.3, -0.25) is 4.79 Å². The second-order valence-electron chi connectivity index (χ2n) is 4.97. The van der Waals surface area contributed by atoms with Crippen molar-refractivity contribution in [1.29, 1.82) is 0 Å². The Morgan fingerprint density at radius 2 is 2.20 bits per heavy atom. The van der Waals surface area contributed by atoms with Gasteiger partial charge in [-0.05, 0) is 31.6 Å². The van der Waals surface area contributed by atoms with Crippen molar-refractivity contribution in [1.82, 2.24) is 4.90 Å². The summed E-state index contributed by atoms with van der Waals surface area (Å²) in [4.78, 5) is 14.0. The predicted molar refractivity (Wildman–Crippen MR) is 62.5 cm³/mol. The van der Waals surface area contributed by atoms with Gasteiger partial charge in [-0.15, -0.1) is 0 Å². The Balaban J connectivity index is 2.51. The van der Waals surface area contributed by atoms with Crippen molar-refractivity contribution >= 4 is 5.91 Å². The number of likely N-dealkylation sites (tertiary alicyclic amines) is 1. The molecule has 0 aromatic heterocycles. The average Bonchev–Trinajstić information content (AvgIpc) is 2.62. The Morgan fingerprint density at radius 1 is 1.53 bits per heavy atom. The van der Waals surface area contributed by atoms with Gasteiger partial charge >= 0.3 is 0 Å². The zero-order valence-electron chi connectivity index (χ0n) is 10.2. The van der Waals surface area contributed by atoms with Gasteiger partial charge in [-0.25, -0.2) is 0 Å². The van der Waals surface area contributed by atoms with Gasteiger partial charge in [0.15, 0.2) is 0 Å². The summed E-state index contributed by atoms with van der Waals surface area (Å²) in [5.74, 6) is 0.652. The van der Waals surface area contributed by atoms with E-state index < -0.39 is 0 Å². The Bertz CT molecular complexity index is 216. The summed E-state index contributed by atoms with van der Waals surface area (Å²) in [7, 11) is 0. The van der Waals surface area contributed by atoms with Gasteiger partial charge < -0.3 is 10.6 Å². The van der Waals surface area contributed by atoms with Crippen LogP contribution in [0.1, 0.15) is 46.5 Å². The van der Waals surface area contributed by atoms with Crippen molar-refractivity contribution in [3.05, 3.63) is 0 Å². The molecule has 3 nitrogen and oxygen atoms in total. The van der Waals surface area contributed by atoms with Crippen LogP contribution < -0.4 is 5.73 Å². The van der Waals surface area contributed by atoms with Gasteiger partial charge in [0, 0.05) is 12.6 Å². The molecule has 88 valence electrons. The van der Waals surface area contributed by atoms with Crippen LogP contribution in [0.15, 0.2) is 0 Å². The molecule has 1 aliphatic rings. The van der Waals surface area contributed by atoms with Gasteiger partial charge in [0.25, 0.3) is 0 Å². The third kappa shape index (κ3) is 3.20. The number of carbonyl (C=O) groups excluding carboxylic acids is 1. The molecule has 1 saturated heterocycles. The normalized spacial score (nSPS) is 23.5. The fourth-order valence-electron chi connectivity index (χ4n) is 2.37. The third-order valence-electron chi connectivity index (χ3n) is 3.17. The summed E-state index contributed by atoms with van der Waals surface area (Å²) in [6.07, 6.45) is 4.14. The minimum Gasteiger partial charge on any atom is -0.338 e. The monoisotopic (exact) mass is 212 g/mol. The minimum atomic E-state index is -0.294. The molecule has 0 saturated carbocycles. The highest BCUT2D eigenvalue weighted by Gasteiger charge is 2.30. The first kappa shape index (κ1) is 12.5. The van der Waals surface area contributed by atoms with Crippen LogP contribution in [0, 0.1) is 5.92 Å². The molecule has 0 bridgehead atoms. The summed E-state index contributed by atoms with van der Waals surface area (Å²) in [6, 6.07) is 0.146. The lowest BCUT2D eigenvalue weighted by atomic mass is 10.0. The van der Waals surface area contributed by atoms with E-state index in [1.165, 1.54) is 0 Å². The second-order valence-corrected chi connectivity index (χ2v) is 4.97. The Labute approximate surface area is 93.0 Å². The zero-order valence-corrected chi connectivity index (χ0v) is 10.2. The largest absolute Gasteiger partial charge is 0.338 e. The lowest BCUT2D eigenvalue weighted by Crippen LogP contribution is -2.46. The highest BCUT2D eigenvalue weighted by atomic mass is 16.2. The Morgan fingerprint density at radius 3 is 2.73 bits per heavy atom. The van der Waals surface area contributed by atoms with Crippen molar-refractivity contribution in [2.75, 3.05) is 6.54 Å². The topological polar surface area (TPSA) is 46.3 Å². The van der Waals surface area contributed by atoms with Crippen LogP contribution in [0.3, 0.4) is 0 Å². The molecule has 3 heteroatoms. The molecule has 2 N–H and O–H groups in total. The second kappa shape index (κ2) is 5.50. The highest BCUT2D eigenvalue weighted by Crippen LogP contribution is 2.21. The number of carbonyl (C=O) groups is 1. The van der Waals surface area contributed by atoms with E-state index in [2.05, 4.69) is 20.8 Å². The maximum absolute atomic E-state index is 12.1. The molecule has 1 unspecified atom stereocenters. The molecule has 1 aliphatic heterocycles. The molecule has 1 rings (SSSR count). The summed E-state index contributed by atoms with van der Waals surface area (Å²) < 4.78 is 0. The number of hydrogen-bond donors (Lipinski definition) is 1. The smallest absolute Gasteiger partial charge is 0.239 e. The number of amides is 1. The van der Waals surface area contributed by atoms with Gasteiger partial charge in [0.05, 0.1) is 6.04 Å². The lowest BCUT2D eigenvalue weighted by molar-refractivity contribution is -0.133. The standard InChI is InChI=1S/C12H24N2O/c1-4-10-6-5-7-14(10)12(15)11(13)8-9(2)3/h9-11H,4-8,13H2,1-3H3/t10?,11-/m1/s1. The maximum atomic E-state index is 12.1. The van der Waals surface area contributed by atoms with E-state index in [1.54, 1.807) is 0 Å². The summed E-state index contributed by atoms with van der Waals surface area (Å²) in [6.45, 7) is 7.26. The molecular weight excluding hydrogens is 188 g/mol. The first-order valence-corrected chi connectivity index (χ1v) is 6.12. The van der Waals surface area contributed by atoms with Crippen LogP contribution in [0.5, 0.6) is 0 Å². The number of nitrogens with zero attached hydrogens (tertiary/aromatic N) is 1. The van der Waals surface area contributed by atoms with Crippen LogP contribution in [0.25, 0.3) is 0 Å².